The molecule has 0 bridgehead atoms. The van der Waals surface area contributed by atoms with Crippen molar-refractivity contribution in [3.05, 3.63) is 16.0 Å². The van der Waals surface area contributed by atoms with Crippen molar-refractivity contribution in [2.75, 3.05) is 13.3 Å². The van der Waals surface area contributed by atoms with Gasteiger partial charge >= 0.3 is 0 Å². The number of rotatable bonds is 3. The highest BCUT2D eigenvalue weighted by Gasteiger charge is 2.38. The Labute approximate surface area is 153 Å². The largest absolute Gasteiger partial charge is 0.338 e. The SMILES string of the molecule is CSc1sc(C(=O)N(C)C2CCCCC2)c2c1C(=O)CC(C)(C)C2. The van der Waals surface area contributed by atoms with Gasteiger partial charge in [0.15, 0.2) is 5.78 Å². The van der Waals surface area contributed by atoms with Crippen molar-refractivity contribution in [3.63, 3.8) is 0 Å². The maximum atomic E-state index is 13.2. The average molecular weight is 366 g/mol. The highest BCUT2D eigenvalue weighted by atomic mass is 32.2. The number of carbonyl (C=O) groups is 2. The molecule has 1 saturated carbocycles. The van der Waals surface area contributed by atoms with Crippen LogP contribution in [0.1, 0.15) is 78.0 Å². The van der Waals surface area contributed by atoms with Gasteiger partial charge in [-0.25, -0.2) is 0 Å². The fourth-order valence-corrected chi connectivity index (χ4v) is 6.15. The van der Waals surface area contributed by atoms with Gasteiger partial charge in [0.05, 0.1) is 9.09 Å². The zero-order valence-corrected chi connectivity index (χ0v) is 16.7. The van der Waals surface area contributed by atoms with Gasteiger partial charge in [-0.05, 0) is 36.5 Å². The molecule has 0 atom stereocenters. The van der Waals surface area contributed by atoms with Crippen LogP contribution in [-0.2, 0) is 6.42 Å². The van der Waals surface area contributed by atoms with Gasteiger partial charge in [0.2, 0.25) is 0 Å². The van der Waals surface area contributed by atoms with Crippen molar-refractivity contribution in [3.8, 4) is 0 Å². The molecule has 0 aromatic carbocycles. The first-order valence-electron chi connectivity index (χ1n) is 8.84. The molecule has 2 aliphatic rings. The minimum Gasteiger partial charge on any atom is -0.338 e. The normalized spacial score (nSPS) is 20.8. The van der Waals surface area contributed by atoms with Crippen LogP contribution in [0.5, 0.6) is 0 Å². The summed E-state index contributed by atoms with van der Waals surface area (Å²) in [6, 6.07) is 0.356. The van der Waals surface area contributed by atoms with E-state index in [2.05, 4.69) is 13.8 Å². The Balaban J connectivity index is 1.96. The summed E-state index contributed by atoms with van der Waals surface area (Å²) >= 11 is 3.13. The Hall–Kier alpha value is -0.810. The number of Topliss-reactive ketones (excluding diaryl/α,β-unsaturated/α-hetero) is 1. The van der Waals surface area contributed by atoms with Crippen molar-refractivity contribution in [1.29, 1.82) is 0 Å². The van der Waals surface area contributed by atoms with Gasteiger partial charge in [0.1, 0.15) is 0 Å². The molecule has 3 nitrogen and oxygen atoms in total. The van der Waals surface area contributed by atoms with Crippen LogP contribution in [0.3, 0.4) is 0 Å². The first kappa shape index (κ1) is 18.0. The van der Waals surface area contributed by atoms with Crippen LogP contribution < -0.4 is 0 Å². The van der Waals surface area contributed by atoms with E-state index in [0.29, 0.717) is 12.5 Å². The van der Waals surface area contributed by atoms with E-state index in [0.717, 1.165) is 39.5 Å². The highest BCUT2D eigenvalue weighted by molar-refractivity contribution is 8.00. The fraction of sp³-hybridized carbons (Fsp3) is 0.684. The molecule has 0 unspecified atom stereocenters. The van der Waals surface area contributed by atoms with E-state index in [1.807, 2.05) is 18.2 Å². The standard InChI is InChI=1S/C19H27NO2S2/c1-19(2)10-13-15(14(21)11-19)18(23-4)24-16(13)17(22)20(3)12-8-6-5-7-9-12/h12H,5-11H2,1-4H3. The first-order valence-corrected chi connectivity index (χ1v) is 10.9. The van der Waals surface area contributed by atoms with Gasteiger partial charge < -0.3 is 4.90 Å². The highest BCUT2D eigenvalue weighted by Crippen LogP contribution is 2.45. The lowest BCUT2D eigenvalue weighted by atomic mass is 9.74. The van der Waals surface area contributed by atoms with Crippen molar-refractivity contribution >= 4 is 34.8 Å². The summed E-state index contributed by atoms with van der Waals surface area (Å²) in [7, 11) is 1.94. The molecule has 1 fully saturated rings. The minimum absolute atomic E-state index is 0.0563. The Morgan fingerprint density at radius 2 is 1.88 bits per heavy atom. The Kier molecular flexibility index (Phi) is 5.12. The summed E-state index contributed by atoms with van der Waals surface area (Å²) in [5.41, 5.74) is 1.80. The molecule has 5 heteroatoms. The molecule has 3 rings (SSSR count). The van der Waals surface area contributed by atoms with E-state index >= 15 is 0 Å². The van der Waals surface area contributed by atoms with E-state index < -0.39 is 0 Å². The number of hydrogen-bond donors (Lipinski definition) is 0. The maximum absolute atomic E-state index is 13.2. The Morgan fingerprint density at radius 3 is 2.50 bits per heavy atom. The molecule has 1 heterocycles. The monoisotopic (exact) mass is 365 g/mol. The molecule has 0 spiro atoms. The molecule has 132 valence electrons. The number of thioether (sulfide) groups is 1. The van der Waals surface area contributed by atoms with Gasteiger partial charge in [-0.15, -0.1) is 23.1 Å². The zero-order valence-electron chi connectivity index (χ0n) is 15.1. The zero-order chi connectivity index (χ0) is 17.5. The van der Waals surface area contributed by atoms with Crippen LogP contribution in [0, 0.1) is 5.41 Å². The summed E-state index contributed by atoms with van der Waals surface area (Å²) < 4.78 is 1.02. The molecule has 0 aliphatic heterocycles. The number of nitrogens with zero attached hydrogens (tertiary/aromatic N) is 1. The van der Waals surface area contributed by atoms with E-state index in [-0.39, 0.29) is 17.1 Å². The molecule has 0 N–H and O–H groups in total. The van der Waals surface area contributed by atoms with E-state index in [9.17, 15) is 9.59 Å². The van der Waals surface area contributed by atoms with Crippen molar-refractivity contribution in [1.82, 2.24) is 4.90 Å². The van der Waals surface area contributed by atoms with Crippen LogP contribution >= 0.6 is 23.1 Å². The van der Waals surface area contributed by atoms with Gasteiger partial charge in [0.25, 0.3) is 5.91 Å². The smallest absolute Gasteiger partial charge is 0.264 e. The lowest BCUT2D eigenvalue weighted by Crippen LogP contribution is -2.38. The molecule has 1 aromatic heterocycles. The Morgan fingerprint density at radius 1 is 1.21 bits per heavy atom. The number of thiophene rings is 1. The number of amides is 1. The predicted molar refractivity (Wildman–Crippen MR) is 101 cm³/mol. The third kappa shape index (κ3) is 3.30. The molecule has 0 radical (unpaired) electrons. The lowest BCUT2D eigenvalue weighted by Gasteiger charge is -2.32. The average Bonchev–Trinajstić information content (AvgIpc) is 2.91. The predicted octanol–water partition coefficient (Wildman–Crippen LogP) is 5.03. The van der Waals surface area contributed by atoms with Gasteiger partial charge in [0, 0.05) is 25.1 Å². The second-order valence-electron chi connectivity index (χ2n) is 7.93. The first-order chi connectivity index (χ1) is 11.3. The fourth-order valence-electron chi connectivity index (χ4n) is 4.07. The molecule has 24 heavy (non-hydrogen) atoms. The van der Waals surface area contributed by atoms with Crippen molar-refractivity contribution in [2.45, 2.75) is 69.0 Å². The summed E-state index contributed by atoms with van der Waals surface area (Å²) in [4.78, 5) is 28.6. The molecule has 0 saturated heterocycles. The summed E-state index contributed by atoms with van der Waals surface area (Å²) in [5.74, 6) is 0.329. The molecular weight excluding hydrogens is 338 g/mol. The van der Waals surface area contributed by atoms with Crippen LogP contribution in [0.25, 0.3) is 0 Å². The van der Waals surface area contributed by atoms with Gasteiger partial charge in [-0.3, -0.25) is 9.59 Å². The number of ketones is 1. The molecule has 1 aromatic rings. The third-order valence-corrected chi connectivity index (χ3v) is 7.71. The second-order valence-corrected chi connectivity index (χ2v) is 10.0. The third-order valence-electron chi connectivity index (χ3n) is 5.37. The number of fused-ring (bicyclic) bond motifs is 1. The van der Waals surface area contributed by atoms with Crippen LogP contribution in [0.2, 0.25) is 0 Å². The lowest BCUT2D eigenvalue weighted by molar-refractivity contribution is 0.0699. The number of hydrogen-bond acceptors (Lipinski definition) is 4. The summed E-state index contributed by atoms with van der Waals surface area (Å²) in [6.07, 6.45) is 9.33. The minimum atomic E-state index is -0.0563. The second kappa shape index (κ2) is 6.83. The summed E-state index contributed by atoms with van der Waals surface area (Å²) in [6.45, 7) is 4.26. The van der Waals surface area contributed by atoms with E-state index in [1.54, 1.807) is 11.8 Å². The van der Waals surface area contributed by atoms with Crippen LogP contribution in [0.4, 0.5) is 0 Å². The van der Waals surface area contributed by atoms with Crippen LogP contribution in [-0.4, -0.2) is 35.9 Å². The molecular formula is C19H27NO2S2. The van der Waals surface area contributed by atoms with Gasteiger partial charge in [-0.1, -0.05) is 33.1 Å². The molecule has 1 amide bonds. The Bertz CT molecular complexity index is 657. The maximum Gasteiger partial charge on any atom is 0.264 e. The van der Waals surface area contributed by atoms with Crippen LogP contribution in [0.15, 0.2) is 4.21 Å². The molecule has 2 aliphatic carbocycles. The van der Waals surface area contributed by atoms with Crippen molar-refractivity contribution in [2.24, 2.45) is 5.41 Å². The van der Waals surface area contributed by atoms with E-state index in [4.69, 9.17) is 0 Å². The quantitative estimate of drug-likeness (QED) is 0.705. The summed E-state index contributed by atoms with van der Waals surface area (Å²) in [5, 5.41) is 0. The van der Waals surface area contributed by atoms with E-state index in [1.165, 1.54) is 30.6 Å². The number of carbonyl (C=O) groups excluding carboxylic acids is 2. The van der Waals surface area contributed by atoms with Crippen molar-refractivity contribution < 1.29 is 9.59 Å². The van der Waals surface area contributed by atoms with Gasteiger partial charge in [-0.2, -0.15) is 0 Å². The topological polar surface area (TPSA) is 37.4 Å².